The quantitative estimate of drug-likeness (QED) is 0.130. The van der Waals surface area contributed by atoms with Crippen molar-refractivity contribution in [3.63, 3.8) is 0 Å². The molecular weight excluding hydrogens is 841 g/mol. The van der Waals surface area contributed by atoms with Gasteiger partial charge in [0.05, 0.1) is 62.1 Å². The van der Waals surface area contributed by atoms with Crippen LogP contribution in [0.25, 0.3) is 97.9 Å². The van der Waals surface area contributed by atoms with E-state index in [0.29, 0.717) is 22.4 Å². The molecule has 0 aliphatic rings. The number of aromatic nitrogens is 2. The maximum absolute atomic E-state index is 10.0. The summed E-state index contributed by atoms with van der Waals surface area (Å²) in [5.41, 5.74) is 11.1. The van der Waals surface area contributed by atoms with E-state index in [4.69, 9.17) is 0 Å². The fraction of sp³-hybridized carbons (Fsp3) is 0. The van der Waals surface area contributed by atoms with Crippen LogP contribution < -0.4 is 4.90 Å². The molecule has 14 rings (SSSR count). The molecule has 0 aliphatic carbocycles. The molecule has 69 heavy (non-hydrogen) atoms. The van der Waals surface area contributed by atoms with Gasteiger partial charge in [0.15, 0.2) is 0 Å². The van der Waals surface area contributed by atoms with E-state index in [0.717, 1.165) is 55.2 Å². The molecule has 3 aromatic heterocycles. The molecule has 6 heteroatoms. The monoisotopic (exact) mass is 876 g/mol. The van der Waals surface area contributed by atoms with E-state index in [1.165, 1.54) is 54.1 Å². The number of pyridine rings is 1. The Hall–Kier alpha value is -9.93. The first-order valence-corrected chi connectivity index (χ1v) is 22.9. The summed E-state index contributed by atoms with van der Waals surface area (Å²) in [6.07, 6.45) is 0. The number of benzene rings is 11. The molecule has 0 N–H and O–H groups in total. The molecule has 0 bridgehead atoms. The lowest BCUT2D eigenvalue weighted by Crippen LogP contribution is -2.09. The fourth-order valence-electron chi connectivity index (χ4n) is 10.9. The van der Waals surface area contributed by atoms with Gasteiger partial charge in [-0.25, -0.2) is 0 Å². The number of hydrogen-bond donors (Lipinski definition) is 0. The van der Waals surface area contributed by atoms with Gasteiger partial charge in [-0.1, -0.05) is 133 Å². The molecule has 0 fully saturated rings. The lowest BCUT2D eigenvalue weighted by Gasteiger charge is -2.25. The topological polar surface area (TPSA) is 83.9 Å². The molecule has 0 aliphatic heterocycles. The van der Waals surface area contributed by atoms with Crippen LogP contribution >= 0.6 is 0 Å². The van der Waals surface area contributed by atoms with Crippen molar-refractivity contribution in [3.8, 4) is 23.9 Å². The summed E-state index contributed by atoms with van der Waals surface area (Å²) in [4.78, 5) is 2.25. The Morgan fingerprint density at radius 1 is 0.333 bits per heavy atom. The van der Waals surface area contributed by atoms with Crippen LogP contribution in [0.3, 0.4) is 0 Å². The smallest absolute Gasteiger partial charge is 0.101 e. The number of nitrogens with zero attached hydrogens (tertiary/aromatic N) is 6. The normalized spacial score (nSPS) is 11.4. The molecule has 318 valence electrons. The van der Waals surface area contributed by atoms with Gasteiger partial charge in [0.2, 0.25) is 0 Å². The summed E-state index contributed by atoms with van der Waals surface area (Å²) < 4.78 is 4.48. The lowest BCUT2D eigenvalue weighted by molar-refractivity contribution is 1.16. The van der Waals surface area contributed by atoms with E-state index in [1.54, 1.807) is 18.2 Å². The van der Waals surface area contributed by atoms with Crippen LogP contribution in [-0.2, 0) is 0 Å². The van der Waals surface area contributed by atoms with E-state index in [9.17, 15) is 15.8 Å². The number of rotatable bonds is 4. The Labute approximate surface area is 396 Å². The van der Waals surface area contributed by atoms with Gasteiger partial charge in [-0.15, -0.1) is 0 Å². The molecule has 0 spiro atoms. The van der Waals surface area contributed by atoms with Gasteiger partial charge in [-0.2, -0.15) is 15.8 Å². The molecule has 0 saturated carbocycles. The standard InChI is InChI=1S/C36H22N4.C27H14N2/c37-23-25-15-16-27(24-38)35(21-25)40-33-20-18-30(39(28-10-3-1-4-11-28)29-12-5-2-6-13-29)22-32(33)36-31-14-8-7-9-26(31)17-19-34(36)40;28-15-16-12-13-18-21-10-5-9-20-17-6-1-2-7-19(17)26-22-8-3-4-11-23(22)29(24(18)14-16)27(26)25(20)21/h1-22H;1-14H. The second-order valence-electron chi connectivity index (χ2n) is 17.4. The highest BCUT2D eigenvalue weighted by Crippen LogP contribution is 2.46. The predicted octanol–water partition coefficient (Wildman–Crippen LogP) is 16.2. The molecule has 0 unspecified atom stereocenters. The number of fused-ring (bicyclic) bond motifs is 14. The van der Waals surface area contributed by atoms with Crippen LogP contribution in [0.5, 0.6) is 0 Å². The predicted molar refractivity (Wildman–Crippen MR) is 283 cm³/mol. The lowest BCUT2D eigenvalue weighted by atomic mass is 9.93. The molecule has 0 amide bonds. The highest BCUT2D eigenvalue weighted by Gasteiger charge is 2.23. The Morgan fingerprint density at radius 3 is 1.64 bits per heavy atom. The van der Waals surface area contributed by atoms with Crippen LogP contribution in [0.2, 0.25) is 0 Å². The van der Waals surface area contributed by atoms with Crippen molar-refractivity contribution in [2.24, 2.45) is 0 Å². The molecule has 6 nitrogen and oxygen atoms in total. The molecule has 0 saturated heterocycles. The minimum atomic E-state index is 0.515. The third-order valence-corrected chi connectivity index (χ3v) is 13.7. The molecule has 14 aromatic rings. The van der Waals surface area contributed by atoms with Gasteiger partial charge < -0.3 is 13.9 Å². The second-order valence-corrected chi connectivity index (χ2v) is 17.4. The first-order valence-electron chi connectivity index (χ1n) is 22.9. The van der Waals surface area contributed by atoms with E-state index >= 15 is 0 Å². The highest BCUT2D eigenvalue weighted by atomic mass is 15.1. The number of anilines is 3. The molecule has 3 heterocycles. The van der Waals surface area contributed by atoms with Crippen LogP contribution in [0.4, 0.5) is 17.1 Å². The van der Waals surface area contributed by atoms with E-state index in [2.05, 4.69) is 208 Å². The van der Waals surface area contributed by atoms with E-state index < -0.39 is 0 Å². The summed E-state index contributed by atoms with van der Waals surface area (Å²) in [7, 11) is 0. The van der Waals surface area contributed by atoms with Crippen LogP contribution in [-0.4, -0.2) is 8.97 Å². The van der Waals surface area contributed by atoms with Gasteiger partial charge in [0.25, 0.3) is 0 Å². The Morgan fingerprint density at radius 2 is 0.913 bits per heavy atom. The average Bonchev–Trinajstić information content (AvgIpc) is 3.95. The summed E-state index contributed by atoms with van der Waals surface area (Å²) in [5, 5.41) is 43.8. The van der Waals surface area contributed by atoms with Crippen LogP contribution in [0.15, 0.2) is 218 Å². The Balaban J connectivity index is 0.000000142. The number of para-hydroxylation sites is 3. The van der Waals surface area contributed by atoms with Gasteiger partial charge in [0.1, 0.15) is 6.07 Å². The van der Waals surface area contributed by atoms with Gasteiger partial charge in [0, 0.05) is 49.4 Å². The molecule has 11 aromatic carbocycles. The zero-order valence-electron chi connectivity index (χ0n) is 37.0. The summed E-state index contributed by atoms with van der Waals surface area (Å²) in [6.45, 7) is 0. The molecule has 0 radical (unpaired) electrons. The summed E-state index contributed by atoms with van der Waals surface area (Å²) in [5.74, 6) is 0. The largest absolute Gasteiger partial charge is 0.310 e. The van der Waals surface area contributed by atoms with Crippen LogP contribution in [0.1, 0.15) is 16.7 Å². The van der Waals surface area contributed by atoms with Crippen molar-refractivity contribution in [1.82, 2.24) is 8.97 Å². The van der Waals surface area contributed by atoms with Gasteiger partial charge in [-0.3, -0.25) is 0 Å². The SMILES string of the molecule is N#Cc1ccc(C#N)c(-n2c3ccc(N(c4ccccc4)c4ccccc4)cc3c3c4ccccc4ccc32)c1.N#Cc1ccc2c3cccc4c5ccccc5c5c6ccccc6n(c2c1)c5c43. The summed E-state index contributed by atoms with van der Waals surface area (Å²) in [6, 6.07) is 81.9. The molecule has 0 atom stereocenters. The summed E-state index contributed by atoms with van der Waals surface area (Å²) >= 11 is 0. The molecular formula is C63H36N6. The van der Waals surface area contributed by atoms with Crippen LogP contribution in [0, 0.1) is 34.0 Å². The Kier molecular flexibility index (Phi) is 8.92. The minimum Gasteiger partial charge on any atom is -0.310 e. The van der Waals surface area contributed by atoms with Crippen molar-refractivity contribution < 1.29 is 0 Å². The van der Waals surface area contributed by atoms with Crippen molar-refractivity contribution >= 4 is 109 Å². The zero-order valence-corrected chi connectivity index (χ0v) is 37.0. The second kappa shape index (κ2) is 15.6. The van der Waals surface area contributed by atoms with Gasteiger partial charge in [-0.05, 0) is 117 Å². The first-order chi connectivity index (χ1) is 34.1. The fourth-order valence-corrected chi connectivity index (χ4v) is 10.9. The maximum atomic E-state index is 10.0. The number of nitriles is 3. The van der Waals surface area contributed by atoms with Crippen molar-refractivity contribution in [3.05, 3.63) is 235 Å². The highest BCUT2D eigenvalue weighted by molar-refractivity contribution is 6.37. The average molecular weight is 877 g/mol. The van der Waals surface area contributed by atoms with Crippen molar-refractivity contribution in [2.75, 3.05) is 4.90 Å². The third kappa shape index (κ3) is 5.96. The van der Waals surface area contributed by atoms with Crippen molar-refractivity contribution in [2.45, 2.75) is 0 Å². The third-order valence-electron chi connectivity index (χ3n) is 13.7. The zero-order chi connectivity index (χ0) is 46.2. The van der Waals surface area contributed by atoms with E-state index in [1.807, 2.05) is 24.3 Å². The van der Waals surface area contributed by atoms with E-state index in [-0.39, 0.29) is 0 Å². The first kappa shape index (κ1) is 39.4. The maximum Gasteiger partial charge on any atom is 0.101 e. The minimum absolute atomic E-state index is 0.515. The Bertz CT molecular complexity index is 4480. The number of hydrogen-bond acceptors (Lipinski definition) is 4. The van der Waals surface area contributed by atoms with Gasteiger partial charge >= 0.3 is 0 Å². The van der Waals surface area contributed by atoms with Crippen molar-refractivity contribution in [1.29, 1.82) is 15.8 Å².